The van der Waals surface area contributed by atoms with Gasteiger partial charge in [0.1, 0.15) is 0 Å². The Morgan fingerprint density at radius 2 is 1.88 bits per heavy atom. The lowest BCUT2D eigenvalue weighted by molar-refractivity contribution is -0.131. The maximum absolute atomic E-state index is 11.9. The molecule has 0 saturated carbocycles. The van der Waals surface area contributed by atoms with Crippen LogP contribution in [0.4, 0.5) is 25.1 Å². The smallest absolute Gasteiger partial charge is 0.354 e. The van der Waals surface area contributed by atoms with Crippen LogP contribution in [0.1, 0.15) is 6.42 Å². The summed E-state index contributed by atoms with van der Waals surface area (Å²) in [5.41, 5.74) is 0. The van der Waals surface area contributed by atoms with E-state index in [1.807, 2.05) is 0 Å². The Bertz CT molecular complexity index is 382. The molecule has 5 nitrogen and oxygen atoms in total. The standard InChI is InChI=1S/C8H11ClF3N5/c1-17(2)7-15-5(9)14-6(16-7)13-4-3-8(10,11)12/h3-4H2,1-2H3,(H,13,14,15,16). The average molecular weight is 270 g/mol. The van der Waals surface area contributed by atoms with Gasteiger partial charge in [-0.25, -0.2) is 0 Å². The SMILES string of the molecule is CN(C)c1nc(Cl)nc(NCCC(F)(F)F)n1. The van der Waals surface area contributed by atoms with Crippen LogP contribution in [0.3, 0.4) is 0 Å². The van der Waals surface area contributed by atoms with Gasteiger partial charge in [0.05, 0.1) is 6.42 Å². The lowest BCUT2D eigenvalue weighted by Gasteiger charge is -2.12. The molecule has 0 atom stereocenters. The molecule has 1 aromatic heterocycles. The summed E-state index contributed by atoms with van der Waals surface area (Å²) in [6, 6.07) is 0. The predicted octanol–water partition coefficient (Wildman–Crippen LogP) is 1.96. The second kappa shape index (κ2) is 5.35. The summed E-state index contributed by atoms with van der Waals surface area (Å²) in [7, 11) is 3.37. The molecule has 96 valence electrons. The Morgan fingerprint density at radius 3 is 2.41 bits per heavy atom. The van der Waals surface area contributed by atoms with Gasteiger partial charge in [-0.1, -0.05) is 0 Å². The summed E-state index contributed by atoms with van der Waals surface area (Å²) in [6.45, 7) is -0.309. The Morgan fingerprint density at radius 1 is 1.24 bits per heavy atom. The monoisotopic (exact) mass is 269 g/mol. The van der Waals surface area contributed by atoms with E-state index in [0.29, 0.717) is 0 Å². The lowest BCUT2D eigenvalue weighted by Crippen LogP contribution is -2.18. The van der Waals surface area contributed by atoms with Crippen molar-refractivity contribution >= 4 is 23.5 Å². The van der Waals surface area contributed by atoms with Crippen LogP contribution in [0.5, 0.6) is 0 Å². The zero-order valence-electron chi connectivity index (χ0n) is 9.21. The molecule has 0 saturated heterocycles. The van der Waals surface area contributed by atoms with E-state index in [2.05, 4.69) is 20.3 Å². The number of hydrogen-bond acceptors (Lipinski definition) is 5. The molecule has 0 aromatic carbocycles. The van der Waals surface area contributed by atoms with Gasteiger partial charge in [-0.2, -0.15) is 28.1 Å². The number of aromatic nitrogens is 3. The normalized spacial score (nSPS) is 11.4. The molecule has 1 N–H and O–H groups in total. The summed E-state index contributed by atoms with van der Waals surface area (Å²) in [4.78, 5) is 12.9. The zero-order valence-corrected chi connectivity index (χ0v) is 9.97. The summed E-state index contributed by atoms with van der Waals surface area (Å²) in [5.74, 6) is 0.303. The molecule has 0 bridgehead atoms. The number of rotatable bonds is 4. The fraction of sp³-hybridized carbons (Fsp3) is 0.625. The molecular formula is C8H11ClF3N5. The van der Waals surface area contributed by atoms with Crippen molar-refractivity contribution < 1.29 is 13.2 Å². The van der Waals surface area contributed by atoms with E-state index in [1.165, 1.54) is 0 Å². The minimum absolute atomic E-state index is 0.0259. The minimum Gasteiger partial charge on any atom is -0.354 e. The zero-order chi connectivity index (χ0) is 13.1. The highest BCUT2D eigenvalue weighted by Crippen LogP contribution is 2.19. The third-order valence-electron chi connectivity index (χ3n) is 1.69. The molecular weight excluding hydrogens is 259 g/mol. The highest BCUT2D eigenvalue weighted by Gasteiger charge is 2.26. The molecule has 1 heterocycles. The number of halogens is 4. The molecule has 0 unspecified atom stereocenters. The fourth-order valence-electron chi connectivity index (χ4n) is 0.935. The highest BCUT2D eigenvalue weighted by atomic mass is 35.5. The maximum Gasteiger partial charge on any atom is 0.390 e. The van der Waals surface area contributed by atoms with Crippen LogP contribution in [0, 0.1) is 0 Å². The topological polar surface area (TPSA) is 53.9 Å². The van der Waals surface area contributed by atoms with E-state index in [-0.39, 0.29) is 23.7 Å². The van der Waals surface area contributed by atoms with Crippen molar-refractivity contribution in [3.8, 4) is 0 Å². The molecule has 9 heteroatoms. The van der Waals surface area contributed by atoms with Crippen molar-refractivity contribution in [1.29, 1.82) is 0 Å². The number of alkyl halides is 3. The van der Waals surface area contributed by atoms with Crippen LogP contribution < -0.4 is 10.2 Å². The van der Waals surface area contributed by atoms with Crippen LogP contribution in [-0.4, -0.2) is 41.8 Å². The first-order chi connectivity index (χ1) is 7.78. The van der Waals surface area contributed by atoms with E-state index < -0.39 is 12.6 Å². The van der Waals surface area contributed by atoms with Gasteiger partial charge in [-0.05, 0) is 11.6 Å². The first-order valence-corrected chi connectivity index (χ1v) is 5.05. The summed E-state index contributed by atoms with van der Waals surface area (Å²) < 4.78 is 35.8. The predicted molar refractivity (Wildman–Crippen MR) is 58.3 cm³/mol. The van der Waals surface area contributed by atoms with Gasteiger partial charge in [0, 0.05) is 20.6 Å². The first-order valence-electron chi connectivity index (χ1n) is 4.67. The Balaban J connectivity index is 2.65. The molecule has 0 amide bonds. The Labute approximate surface area is 101 Å². The van der Waals surface area contributed by atoms with Crippen molar-refractivity contribution in [2.24, 2.45) is 0 Å². The van der Waals surface area contributed by atoms with Gasteiger partial charge >= 0.3 is 6.18 Å². The van der Waals surface area contributed by atoms with Crippen molar-refractivity contribution in [1.82, 2.24) is 15.0 Å². The van der Waals surface area contributed by atoms with Gasteiger partial charge in [0.15, 0.2) is 0 Å². The average Bonchev–Trinajstić information content (AvgIpc) is 2.14. The molecule has 0 aliphatic heterocycles. The van der Waals surface area contributed by atoms with E-state index in [9.17, 15) is 13.2 Å². The second-order valence-electron chi connectivity index (χ2n) is 3.41. The molecule has 0 aliphatic carbocycles. The molecule has 17 heavy (non-hydrogen) atoms. The number of nitrogens with zero attached hydrogens (tertiary/aromatic N) is 4. The van der Waals surface area contributed by atoms with Crippen LogP contribution in [0.2, 0.25) is 5.28 Å². The Hall–Kier alpha value is -1.31. The molecule has 0 spiro atoms. The largest absolute Gasteiger partial charge is 0.390 e. The van der Waals surface area contributed by atoms with Crippen molar-refractivity contribution in [3.63, 3.8) is 0 Å². The third kappa shape index (κ3) is 5.03. The summed E-state index contributed by atoms with van der Waals surface area (Å²) in [6.07, 6.45) is -5.18. The number of anilines is 2. The molecule has 0 aliphatic rings. The maximum atomic E-state index is 11.9. The van der Waals surface area contributed by atoms with Gasteiger partial charge < -0.3 is 10.2 Å². The van der Waals surface area contributed by atoms with E-state index in [0.717, 1.165) is 0 Å². The fourth-order valence-corrected chi connectivity index (χ4v) is 1.09. The van der Waals surface area contributed by atoms with Gasteiger partial charge in [0.25, 0.3) is 0 Å². The van der Waals surface area contributed by atoms with E-state index in [1.54, 1.807) is 19.0 Å². The first kappa shape index (κ1) is 13.8. The Kier molecular flexibility index (Phi) is 4.33. The summed E-state index contributed by atoms with van der Waals surface area (Å²) in [5, 5.41) is 2.37. The molecule has 0 fully saturated rings. The van der Waals surface area contributed by atoms with E-state index in [4.69, 9.17) is 11.6 Å². The van der Waals surface area contributed by atoms with Gasteiger partial charge in [-0.3, -0.25) is 0 Å². The minimum atomic E-state index is -4.21. The number of nitrogens with one attached hydrogen (secondary N) is 1. The van der Waals surface area contributed by atoms with Crippen LogP contribution >= 0.6 is 11.6 Å². The summed E-state index contributed by atoms with van der Waals surface area (Å²) >= 11 is 5.61. The lowest BCUT2D eigenvalue weighted by atomic mass is 10.4. The molecule has 1 aromatic rings. The van der Waals surface area contributed by atoms with E-state index >= 15 is 0 Å². The van der Waals surface area contributed by atoms with Gasteiger partial charge in [0.2, 0.25) is 17.2 Å². The molecule has 0 radical (unpaired) electrons. The quantitative estimate of drug-likeness (QED) is 0.905. The highest BCUT2D eigenvalue weighted by molar-refractivity contribution is 6.28. The van der Waals surface area contributed by atoms with Crippen molar-refractivity contribution in [3.05, 3.63) is 5.28 Å². The molecule has 1 rings (SSSR count). The number of hydrogen-bond donors (Lipinski definition) is 1. The third-order valence-corrected chi connectivity index (χ3v) is 1.86. The van der Waals surface area contributed by atoms with Crippen molar-refractivity contribution in [2.45, 2.75) is 12.6 Å². The van der Waals surface area contributed by atoms with Crippen molar-refractivity contribution in [2.75, 3.05) is 30.9 Å². The van der Waals surface area contributed by atoms with Crippen LogP contribution in [0.15, 0.2) is 0 Å². The van der Waals surface area contributed by atoms with Crippen LogP contribution in [-0.2, 0) is 0 Å². The van der Waals surface area contributed by atoms with Crippen LogP contribution in [0.25, 0.3) is 0 Å². The second-order valence-corrected chi connectivity index (χ2v) is 3.75. The van der Waals surface area contributed by atoms with Gasteiger partial charge in [-0.15, -0.1) is 0 Å².